The van der Waals surface area contributed by atoms with E-state index in [1.165, 1.54) is 24.3 Å². The van der Waals surface area contributed by atoms with Gasteiger partial charge in [-0.05, 0) is 47.9 Å². The molecule has 2 aromatic heterocycles. The number of aromatic amines is 1. The number of H-pyrrole nitrogens is 1. The van der Waals surface area contributed by atoms with Crippen molar-refractivity contribution < 1.29 is 31.9 Å². The lowest BCUT2D eigenvalue weighted by Gasteiger charge is -2.40. The average Bonchev–Trinajstić information content (AvgIpc) is 3.80. The zero-order valence-corrected chi connectivity index (χ0v) is 31.6. The molecule has 0 fully saturated rings. The van der Waals surface area contributed by atoms with Crippen LogP contribution in [0.15, 0.2) is 61.2 Å². The Bertz CT molecular complexity index is 1960. The van der Waals surface area contributed by atoms with Gasteiger partial charge in [0.15, 0.2) is 0 Å². The molecule has 2 unspecified atom stereocenters. The third-order valence-electron chi connectivity index (χ3n) is 10.5. The Hall–Kier alpha value is -4.79. The second-order valence-corrected chi connectivity index (χ2v) is 14.6. The van der Waals surface area contributed by atoms with E-state index in [0.717, 1.165) is 6.07 Å². The molecule has 5 rings (SSSR count). The third kappa shape index (κ3) is 9.11. The molecule has 2 aromatic carbocycles. The topological polar surface area (TPSA) is 133 Å². The first-order valence-electron chi connectivity index (χ1n) is 18.3. The lowest BCUT2D eigenvalue weighted by molar-refractivity contribution is -0.137. The third-order valence-corrected chi connectivity index (χ3v) is 10.9. The first-order valence-corrected chi connectivity index (χ1v) is 18.7. The van der Waals surface area contributed by atoms with E-state index in [9.17, 15) is 31.9 Å². The van der Waals surface area contributed by atoms with Gasteiger partial charge in [-0.15, -0.1) is 0 Å². The molecule has 0 spiro atoms. The summed E-state index contributed by atoms with van der Waals surface area (Å²) in [4.78, 5) is 49.7. The number of alkyl halides is 3. The van der Waals surface area contributed by atoms with E-state index in [1.807, 2.05) is 31.5 Å². The first kappa shape index (κ1) is 40.4. The van der Waals surface area contributed by atoms with Gasteiger partial charge in [0.1, 0.15) is 17.4 Å². The van der Waals surface area contributed by atoms with Crippen molar-refractivity contribution in [1.82, 2.24) is 35.8 Å². The quantitative estimate of drug-likeness (QED) is 0.0769. The molecule has 10 nitrogen and oxygen atoms in total. The predicted octanol–water partition coefficient (Wildman–Crippen LogP) is 5.79. The largest absolute Gasteiger partial charge is 0.418 e. The first-order chi connectivity index (χ1) is 25.7. The molecule has 4 aromatic rings. The molecule has 0 radical (unpaired) electrons. The summed E-state index contributed by atoms with van der Waals surface area (Å²) in [5, 5.41) is 12.4. The van der Waals surface area contributed by atoms with Gasteiger partial charge >= 0.3 is 6.18 Å². The van der Waals surface area contributed by atoms with Gasteiger partial charge in [0.2, 0.25) is 17.7 Å². The minimum Gasteiger partial charge on any atom is -0.376 e. The molecular weight excluding hydrogens is 723 g/mol. The molecule has 1 aliphatic carbocycles. The van der Waals surface area contributed by atoms with Crippen LogP contribution < -0.4 is 21.3 Å². The predicted molar refractivity (Wildman–Crippen MR) is 202 cm³/mol. The Morgan fingerprint density at radius 3 is 2.41 bits per heavy atom. The van der Waals surface area contributed by atoms with E-state index < -0.39 is 58.8 Å². The highest BCUT2D eigenvalue weighted by molar-refractivity contribution is 7.80. The molecule has 3 amide bonds. The highest BCUT2D eigenvalue weighted by Gasteiger charge is 2.47. The van der Waals surface area contributed by atoms with E-state index in [0.29, 0.717) is 47.6 Å². The number of nitrogens with one attached hydrogen (secondary N) is 5. The summed E-state index contributed by atoms with van der Waals surface area (Å²) >= 11 is 5.80. The summed E-state index contributed by atoms with van der Waals surface area (Å²) in [5.74, 6) is -2.83. The van der Waals surface area contributed by atoms with Crippen LogP contribution in [0.5, 0.6) is 0 Å². The molecule has 54 heavy (non-hydrogen) atoms. The second-order valence-electron chi connectivity index (χ2n) is 14.2. The van der Waals surface area contributed by atoms with Crippen molar-refractivity contribution in [2.24, 2.45) is 11.8 Å². The van der Waals surface area contributed by atoms with Gasteiger partial charge in [0, 0.05) is 43.0 Å². The molecule has 0 bridgehead atoms. The monoisotopic (exact) mass is 769 g/mol. The highest BCUT2D eigenvalue weighted by Crippen LogP contribution is 2.40. The van der Waals surface area contributed by atoms with Gasteiger partial charge in [0.05, 0.1) is 34.9 Å². The molecule has 15 heteroatoms. The van der Waals surface area contributed by atoms with Gasteiger partial charge < -0.3 is 30.8 Å². The summed E-state index contributed by atoms with van der Waals surface area (Å²) in [6.45, 7) is 8.58. The standard InChI is InChI=1S/C39H47F4N7O3S/c1-5-23(3)32(47-31(51)20-25-10-7-8-13-29(25)40)35(52)49-38(15-14-30-27(21-38)26-11-9-12-28(34(26)46-30)39(41,42)43)37(53)48-33(24(4)6-2)36(54)45-17-19-50-18-16-44-22-50/h7-13,16,18,22-24,32-33,46H,5-6,14-15,17,19-21H2,1-4H3,(H,45,54)(H,47,51)(H,48,53)(H,49,52)/t23?,24?,32-,33-,38+/m0/s1. The number of halogens is 4. The maximum absolute atomic E-state index is 14.8. The molecule has 5 N–H and O–H groups in total. The number of fused-ring (bicyclic) bond motifs is 3. The number of benzene rings is 2. The fourth-order valence-corrected chi connectivity index (χ4v) is 7.33. The van der Waals surface area contributed by atoms with E-state index in [-0.39, 0.29) is 42.7 Å². The lowest BCUT2D eigenvalue weighted by atomic mass is 9.78. The summed E-state index contributed by atoms with van der Waals surface area (Å²) in [5.41, 5.74) is -1.35. The minimum atomic E-state index is -4.62. The van der Waals surface area contributed by atoms with Crippen molar-refractivity contribution in [2.75, 3.05) is 6.54 Å². The molecule has 1 aliphatic rings. The summed E-state index contributed by atoms with van der Waals surface area (Å²) < 4.78 is 58.5. The Kier molecular flexibility index (Phi) is 12.8. The van der Waals surface area contributed by atoms with Crippen LogP contribution in [0, 0.1) is 17.7 Å². The number of rotatable bonds is 15. The summed E-state index contributed by atoms with van der Waals surface area (Å²) in [7, 11) is 0. The van der Waals surface area contributed by atoms with Crippen molar-refractivity contribution in [3.63, 3.8) is 0 Å². The Labute approximate surface area is 317 Å². The van der Waals surface area contributed by atoms with E-state index >= 15 is 0 Å². The fraction of sp³-hybridized carbons (Fsp3) is 0.462. The molecule has 290 valence electrons. The smallest absolute Gasteiger partial charge is 0.376 e. The number of para-hydroxylation sites is 1. The Morgan fingerprint density at radius 1 is 1.02 bits per heavy atom. The van der Waals surface area contributed by atoms with Crippen LogP contribution in [-0.4, -0.2) is 61.4 Å². The number of hydrogen-bond acceptors (Lipinski definition) is 5. The fourth-order valence-electron chi connectivity index (χ4n) is 6.94. The molecule has 0 aliphatic heterocycles. The van der Waals surface area contributed by atoms with Crippen LogP contribution >= 0.6 is 12.2 Å². The number of aryl methyl sites for hydroxylation is 1. The number of nitrogens with zero attached hydrogens (tertiary/aromatic N) is 2. The van der Waals surface area contributed by atoms with Crippen LogP contribution in [0.25, 0.3) is 10.9 Å². The molecule has 0 saturated heterocycles. The minimum absolute atomic E-state index is 0.0518. The zero-order chi connectivity index (χ0) is 39.2. The lowest BCUT2D eigenvalue weighted by Crippen LogP contribution is -2.67. The van der Waals surface area contributed by atoms with Gasteiger partial charge in [0.25, 0.3) is 0 Å². The second kappa shape index (κ2) is 17.1. The van der Waals surface area contributed by atoms with Gasteiger partial charge in [-0.3, -0.25) is 14.4 Å². The van der Waals surface area contributed by atoms with Crippen molar-refractivity contribution in [3.05, 3.63) is 89.4 Å². The zero-order valence-electron chi connectivity index (χ0n) is 30.8. The van der Waals surface area contributed by atoms with Gasteiger partial charge in [-0.2, -0.15) is 13.2 Å². The van der Waals surface area contributed by atoms with E-state index in [1.54, 1.807) is 31.6 Å². The van der Waals surface area contributed by atoms with Gasteiger partial charge in [-0.1, -0.05) is 83.1 Å². The number of hydrogen-bond donors (Lipinski definition) is 5. The SMILES string of the molecule is CCC(C)[C@H](NC(=O)Cc1ccccc1F)C(=O)N[C@]1(C(=O)N[C@H](C(=S)NCCn2ccnc2)C(C)CC)CCc2[nH]c3c(C(F)(F)F)cccc3c2C1. The average molecular weight is 770 g/mol. The molecule has 2 heterocycles. The number of imidazole rings is 1. The van der Waals surface area contributed by atoms with Crippen LogP contribution in [-0.2, 0) is 46.4 Å². The van der Waals surface area contributed by atoms with Crippen molar-refractivity contribution in [3.8, 4) is 0 Å². The van der Waals surface area contributed by atoms with Crippen LogP contribution in [0.1, 0.15) is 69.3 Å². The molecule has 0 saturated carbocycles. The van der Waals surface area contributed by atoms with Crippen LogP contribution in [0.2, 0.25) is 0 Å². The Balaban J connectivity index is 1.47. The number of carbonyl (C=O) groups excluding carboxylic acids is 3. The van der Waals surface area contributed by atoms with Crippen molar-refractivity contribution >= 4 is 45.8 Å². The number of carbonyl (C=O) groups is 3. The summed E-state index contributed by atoms with van der Waals surface area (Å²) in [6, 6.07) is 8.02. The van der Waals surface area contributed by atoms with E-state index in [4.69, 9.17) is 12.2 Å². The normalized spacial score (nSPS) is 17.9. The Morgan fingerprint density at radius 2 is 1.74 bits per heavy atom. The van der Waals surface area contributed by atoms with Crippen LogP contribution in [0.3, 0.4) is 0 Å². The molecule has 5 atom stereocenters. The van der Waals surface area contributed by atoms with Gasteiger partial charge in [-0.25, -0.2) is 9.37 Å². The number of thiocarbonyl (C=S) groups is 1. The van der Waals surface area contributed by atoms with Crippen molar-refractivity contribution in [1.29, 1.82) is 0 Å². The maximum Gasteiger partial charge on any atom is 0.418 e. The summed E-state index contributed by atoms with van der Waals surface area (Å²) in [6.07, 6.45) is 1.47. The van der Waals surface area contributed by atoms with Crippen LogP contribution in [0.4, 0.5) is 17.6 Å². The van der Waals surface area contributed by atoms with Crippen molar-refractivity contribution in [2.45, 2.75) is 96.6 Å². The number of aromatic nitrogens is 3. The van der Waals surface area contributed by atoms with E-state index in [2.05, 4.69) is 31.2 Å². The maximum atomic E-state index is 14.8. The highest BCUT2D eigenvalue weighted by atomic mass is 32.1. The number of amides is 3. The molecular formula is C39H47F4N7O3S.